The van der Waals surface area contributed by atoms with Crippen molar-refractivity contribution in [2.24, 2.45) is 5.73 Å². The number of thioether (sulfide) groups is 1. The van der Waals surface area contributed by atoms with Crippen LogP contribution in [0.25, 0.3) is 0 Å². The highest BCUT2D eigenvalue weighted by Crippen LogP contribution is 2.46. The molecule has 2 rings (SSSR count). The molecule has 2 aliphatic heterocycles. The number of rotatable bonds is 4. The average molecular weight is 348 g/mol. The van der Waals surface area contributed by atoms with E-state index < -0.39 is 28.8 Å². The van der Waals surface area contributed by atoms with Gasteiger partial charge >= 0.3 is 11.9 Å². The van der Waals surface area contributed by atoms with Gasteiger partial charge < -0.3 is 15.6 Å². The SMILES string of the molecule is CC(=O)OCC1=C(C(=O)O)N2C(=O)[C@@](N)(C(=S)S)[C@H]2SC1. The second kappa shape index (κ2) is 5.59. The third-order valence-corrected chi connectivity index (χ3v) is 5.32. The standard InChI is InChI=1S/C11H12N2O5S3/c1-4(14)18-2-5-3-21-9-11(12,10(19)20)8(17)13(9)6(5)7(15)16/h9H,2-3,12H2,1H3,(H,15,16)(H,19,20)/t9-,11+/m1/s1. The largest absolute Gasteiger partial charge is 0.477 e. The number of nitrogens with two attached hydrogens (primary N) is 1. The van der Waals surface area contributed by atoms with Crippen LogP contribution in [0.4, 0.5) is 0 Å². The molecule has 0 unspecified atom stereocenters. The quantitative estimate of drug-likeness (QED) is 0.276. The van der Waals surface area contributed by atoms with Crippen LogP contribution in [-0.4, -0.2) is 55.3 Å². The molecule has 1 saturated heterocycles. The zero-order valence-corrected chi connectivity index (χ0v) is 13.4. The van der Waals surface area contributed by atoms with Crippen molar-refractivity contribution in [1.82, 2.24) is 4.90 Å². The van der Waals surface area contributed by atoms with Crippen molar-refractivity contribution in [3.8, 4) is 0 Å². The van der Waals surface area contributed by atoms with Gasteiger partial charge in [0.25, 0.3) is 5.91 Å². The van der Waals surface area contributed by atoms with Gasteiger partial charge in [-0.2, -0.15) is 0 Å². The minimum atomic E-state index is -1.45. The number of nitrogens with zero attached hydrogens (tertiary/aromatic N) is 1. The lowest BCUT2D eigenvalue weighted by Gasteiger charge is -2.54. The number of carboxylic acid groups (broad SMARTS) is 1. The summed E-state index contributed by atoms with van der Waals surface area (Å²) in [5.74, 6) is -2.14. The van der Waals surface area contributed by atoms with Crippen LogP contribution >= 0.6 is 36.6 Å². The lowest BCUT2D eigenvalue weighted by Crippen LogP contribution is -2.80. The Bertz CT molecular complexity index is 590. The molecule has 0 radical (unpaired) electrons. The van der Waals surface area contributed by atoms with Crippen LogP contribution in [0.1, 0.15) is 6.92 Å². The molecule has 1 fully saturated rings. The van der Waals surface area contributed by atoms with Crippen LogP contribution in [0, 0.1) is 0 Å². The number of amides is 1. The number of carbonyl (C=O) groups excluding carboxylic acids is 2. The molecule has 114 valence electrons. The molecule has 0 aromatic rings. The molecule has 1 amide bonds. The van der Waals surface area contributed by atoms with E-state index in [0.29, 0.717) is 5.57 Å². The van der Waals surface area contributed by atoms with E-state index in [4.69, 9.17) is 22.7 Å². The monoisotopic (exact) mass is 348 g/mol. The molecule has 7 nitrogen and oxygen atoms in total. The first kappa shape index (κ1) is 16.3. The zero-order valence-electron chi connectivity index (χ0n) is 10.9. The van der Waals surface area contributed by atoms with E-state index in [1.165, 1.54) is 18.7 Å². The summed E-state index contributed by atoms with van der Waals surface area (Å²) in [4.78, 5) is 35.6. The molecule has 21 heavy (non-hydrogen) atoms. The van der Waals surface area contributed by atoms with Crippen molar-refractivity contribution in [2.75, 3.05) is 12.4 Å². The number of carboxylic acids is 1. The van der Waals surface area contributed by atoms with Gasteiger partial charge in [0.05, 0.1) is 4.20 Å². The summed E-state index contributed by atoms with van der Waals surface area (Å²) >= 11 is 10.1. The normalized spacial score (nSPS) is 27.9. The number of thiocarbonyl (C=S) groups is 1. The van der Waals surface area contributed by atoms with Crippen molar-refractivity contribution in [3.05, 3.63) is 11.3 Å². The minimum Gasteiger partial charge on any atom is -0.477 e. The molecule has 0 aliphatic carbocycles. The Balaban J connectivity index is 2.35. The van der Waals surface area contributed by atoms with Gasteiger partial charge in [0.15, 0.2) is 5.54 Å². The van der Waals surface area contributed by atoms with Gasteiger partial charge in [-0.15, -0.1) is 24.4 Å². The Kier molecular flexibility index (Phi) is 4.34. The summed E-state index contributed by atoms with van der Waals surface area (Å²) in [5, 5.41) is 8.72. The summed E-state index contributed by atoms with van der Waals surface area (Å²) in [6, 6.07) is 0. The third-order valence-electron chi connectivity index (χ3n) is 3.19. The molecule has 2 aliphatic rings. The number of ether oxygens (including phenoxy) is 1. The van der Waals surface area contributed by atoms with E-state index in [-0.39, 0.29) is 22.3 Å². The second-order valence-electron chi connectivity index (χ2n) is 4.55. The predicted octanol–water partition coefficient (Wildman–Crippen LogP) is -0.242. The fourth-order valence-corrected chi connectivity index (χ4v) is 4.13. The zero-order chi connectivity index (χ0) is 15.9. The number of carbonyl (C=O) groups is 3. The second-order valence-corrected chi connectivity index (χ2v) is 6.78. The van der Waals surface area contributed by atoms with Crippen molar-refractivity contribution >= 4 is 58.7 Å². The maximum atomic E-state index is 12.2. The molecular formula is C11H12N2O5S3. The fraction of sp³-hybridized carbons (Fsp3) is 0.455. The molecule has 0 aromatic carbocycles. The van der Waals surface area contributed by atoms with Crippen molar-refractivity contribution in [1.29, 1.82) is 0 Å². The van der Waals surface area contributed by atoms with Gasteiger partial charge in [-0.25, -0.2) is 4.79 Å². The van der Waals surface area contributed by atoms with Crippen LogP contribution in [0.15, 0.2) is 11.3 Å². The number of hydrogen-bond donors (Lipinski definition) is 3. The topological polar surface area (TPSA) is 110 Å². The molecule has 0 bridgehead atoms. The van der Waals surface area contributed by atoms with E-state index in [1.807, 2.05) is 0 Å². The minimum absolute atomic E-state index is 0.0226. The maximum absolute atomic E-state index is 12.2. The van der Waals surface area contributed by atoms with E-state index in [9.17, 15) is 19.5 Å². The molecule has 2 atom stereocenters. The molecule has 0 aromatic heterocycles. The summed E-state index contributed by atoms with van der Waals surface area (Å²) in [7, 11) is 0. The molecular weight excluding hydrogens is 336 g/mol. The van der Waals surface area contributed by atoms with Crippen molar-refractivity contribution < 1.29 is 24.2 Å². The van der Waals surface area contributed by atoms with Gasteiger partial charge in [-0.1, -0.05) is 12.2 Å². The Morgan fingerprint density at radius 1 is 1.67 bits per heavy atom. The molecule has 0 spiro atoms. The fourth-order valence-electron chi connectivity index (χ4n) is 2.14. The Labute approximate surface area is 135 Å². The molecule has 2 heterocycles. The first-order chi connectivity index (χ1) is 9.71. The van der Waals surface area contributed by atoms with Crippen molar-refractivity contribution in [2.45, 2.75) is 17.8 Å². The van der Waals surface area contributed by atoms with Crippen LogP contribution < -0.4 is 5.73 Å². The lowest BCUT2D eigenvalue weighted by atomic mass is 9.89. The highest BCUT2D eigenvalue weighted by molar-refractivity contribution is 8.11. The van der Waals surface area contributed by atoms with E-state index in [0.717, 1.165) is 4.90 Å². The first-order valence-corrected chi connectivity index (χ1v) is 7.67. The number of fused-ring (bicyclic) bond motifs is 1. The smallest absolute Gasteiger partial charge is 0.352 e. The van der Waals surface area contributed by atoms with Gasteiger partial charge in [-0.3, -0.25) is 14.5 Å². The number of thiol groups is 1. The Hall–Kier alpha value is -1.10. The van der Waals surface area contributed by atoms with Crippen molar-refractivity contribution in [3.63, 3.8) is 0 Å². The summed E-state index contributed by atoms with van der Waals surface area (Å²) < 4.78 is 4.84. The highest BCUT2D eigenvalue weighted by Gasteiger charge is 2.64. The molecule has 10 heteroatoms. The van der Waals surface area contributed by atoms with E-state index in [1.54, 1.807) is 0 Å². The van der Waals surface area contributed by atoms with E-state index in [2.05, 4.69) is 12.6 Å². The average Bonchev–Trinajstić information content (AvgIpc) is 2.41. The Morgan fingerprint density at radius 3 is 2.76 bits per heavy atom. The summed E-state index contributed by atoms with van der Waals surface area (Å²) in [5.41, 5.74) is 4.64. The van der Waals surface area contributed by atoms with Gasteiger partial charge in [0.1, 0.15) is 17.7 Å². The first-order valence-electron chi connectivity index (χ1n) is 5.77. The Morgan fingerprint density at radius 2 is 2.29 bits per heavy atom. The summed E-state index contributed by atoms with van der Waals surface area (Å²) in [6.45, 7) is 1.04. The lowest BCUT2D eigenvalue weighted by molar-refractivity contribution is -0.150. The van der Waals surface area contributed by atoms with E-state index >= 15 is 0 Å². The molecule has 0 saturated carbocycles. The van der Waals surface area contributed by atoms with Crippen LogP contribution in [-0.2, 0) is 19.1 Å². The van der Waals surface area contributed by atoms with Crippen LogP contribution in [0.3, 0.4) is 0 Å². The maximum Gasteiger partial charge on any atom is 0.352 e. The van der Waals surface area contributed by atoms with Gasteiger partial charge in [-0.05, 0) is 0 Å². The number of hydrogen-bond acceptors (Lipinski definition) is 7. The number of aliphatic carboxylic acids is 1. The highest BCUT2D eigenvalue weighted by atomic mass is 32.2. The number of β-lactam (4-membered cyclic amide) rings is 1. The van der Waals surface area contributed by atoms with Gasteiger partial charge in [0, 0.05) is 18.2 Å². The van der Waals surface area contributed by atoms with Gasteiger partial charge in [0.2, 0.25) is 0 Å². The third kappa shape index (κ3) is 2.45. The number of esters is 1. The van der Waals surface area contributed by atoms with Crippen LogP contribution in [0.2, 0.25) is 0 Å². The molecule has 3 N–H and O–H groups in total. The summed E-state index contributed by atoms with van der Waals surface area (Å²) in [6.07, 6.45) is 0. The predicted molar refractivity (Wildman–Crippen MR) is 82.9 cm³/mol. The van der Waals surface area contributed by atoms with Crippen LogP contribution in [0.5, 0.6) is 0 Å².